The number of benzene rings is 2. The highest BCUT2D eigenvalue weighted by atomic mass is 16.6. The van der Waals surface area contributed by atoms with Gasteiger partial charge in [-0.05, 0) is 50.2 Å². The van der Waals surface area contributed by atoms with E-state index in [0.29, 0.717) is 17.3 Å². The number of hydrogen-bond acceptors (Lipinski definition) is 6. The van der Waals surface area contributed by atoms with Crippen LogP contribution >= 0.6 is 0 Å². The van der Waals surface area contributed by atoms with E-state index in [2.05, 4.69) is 26.9 Å². The van der Waals surface area contributed by atoms with Gasteiger partial charge in [-0.15, -0.1) is 0 Å². The van der Waals surface area contributed by atoms with E-state index in [9.17, 15) is 10.1 Å². The van der Waals surface area contributed by atoms with E-state index >= 15 is 0 Å². The van der Waals surface area contributed by atoms with Gasteiger partial charge < -0.3 is 9.80 Å². The minimum atomic E-state index is -0.283. The molecule has 2 aromatic carbocycles. The Morgan fingerprint density at radius 3 is 1.97 bits per heavy atom. The summed E-state index contributed by atoms with van der Waals surface area (Å²) in [6.07, 6.45) is 5.37. The third-order valence-corrected chi connectivity index (χ3v) is 6.82. The normalized spacial score (nSPS) is 16.8. The maximum atomic E-state index is 12.7. The first-order valence-electron chi connectivity index (χ1n) is 12.5. The molecule has 0 aliphatic carbocycles. The number of aromatic nitrogens is 2. The minimum Gasteiger partial charge on any atom is -0.370 e. The van der Waals surface area contributed by atoms with E-state index in [4.69, 9.17) is 4.98 Å². The topological polar surface area (TPSA) is 75.4 Å². The van der Waals surface area contributed by atoms with Gasteiger partial charge in [0, 0.05) is 31.8 Å². The van der Waals surface area contributed by atoms with Crippen LogP contribution in [-0.4, -0.2) is 46.0 Å². The van der Waals surface area contributed by atoms with E-state index in [1.165, 1.54) is 0 Å². The largest absolute Gasteiger partial charge is 0.370 e. The number of nitro groups is 1. The molecule has 0 atom stereocenters. The van der Waals surface area contributed by atoms with Crippen LogP contribution in [0.15, 0.2) is 60.7 Å². The molecule has 0 unspecified atom stereocenters. The molecule has 1 aromatic heterocycles. The highest BCUT2D eigenvalue weighted by Crippen LogP contribution is 2.42. The van der Waals surface area contributed by atoms with Gasteiger partial charge >= 0.3 is 5.69 Å². The first-order chi connectivity index (χ1) is 17.1. The van der Waals surface area contributed by atoms with Crippen LogP contribution in [-0.2, 0) is 0 Å². The second-order valence-electron chi connectivity index (χ2n) is 9.25. The maximum absolute atomic E-state index is 12.7. The average Bonchev–Trinajstić information content (AvgIpc) is 3.42. The van der Waals surface area contributed by atoms with Crippen LogP contribution in [0.4, 0.5) is 11.5 Å². The molecular weight excluding hydrogens is 438 g/mol. The van der Waals surface area contributed by atoms with Crippen molar-refractivity contribution in [1.29, 1.82) is 0 Å². The summed E-state index contributed by atoms with van der Waals surface area (Å²) < 4.78 is 0. The molecule has 7 heteroatoms. The SMILES string of the molecule is Cc1nc(/C(=C(/c2ccccc2)N2CCCC2)c2ccccc2)c([N+](=O)[O-])c(N2CCCCC2)n1. The summed E-state index contributed by atoms with van der Waals surface area (Å²) in [5.74, 6) is 0.993. The summed E-state index contributed by atoms with van der Waals surface area (Å²) in [5, 5.41) is 12.7. The number of likely N-dealkylation sites (tertiary alicyclic amines) is 1. The Labute approximate surface area is 206 Å². The smallest absolute Gasteiger partial charge is 0.337 e. The van der Waals surface area contributed by atoms with Crippen molar-refractivity contribution in [2.45, 2.75) is 39.0 Å². The van der Waals surface area contributed by atoms with Crippen molar-refractivity contribution < 1.29 is 4.92 Å². The summed E-state index contributed by atoms with van der Waals surface area (Å²) in [7, 11) is 0. The fraction of sp³-hybridized carbons (Fsp3) is 0.357. The molecule has 3 aromatic rings. The number of aryl methyl sites for hydroxylation is 1. The van der Waals surface area contributed by atoms with Crippen LogP contribution in [0.25, 0.3) is 11.3 Å². The molecule has 0 saturated carbocycles. The van der Waals surface area contributed by atoms with Gasteiger partial charge in [0.05, 0.1) is 10.6 Å². The predicted molar refractivity (Wildman–Crippen MR) is 139 cm³/mol. The Hall–Kier alpha value is -3.74. The van der Waals surface area contributed by atoms with E-state index in [-0.39, 0.29) is 10.6 Å². The zero-order valence-corrected chi connectivity index (χ0v) is 20.2. The third-order valence-electron chi connectivity index (χ3n) is 6.82. The van der Waals surface area contributed by atoms with E-state index in [1.54, 1.807) is 0 Å². The van der Waals surface area contributed by atoms with Crippen LogP contribution in [0, 0.1) is 17.0 Å². The number of hydrogen-bond donors (Lipinski definition) is 0. The van der Waals surface area contributed by atoms with Gasteiger partial charge in [-0.1, -0.05) is 60.7 Å². The molecule has 180 valence electrons. The quantitative estimate of drug-likeness (QED) is 0.262. The monoisotopic (exact) mass is 469 g/mol. The van der Waals surface area contributed by atoms with Crippen molar-refractivity contribution in [3.63, 3.8) is 0 Å². The van der Waals surface area contributed by atoms with Crippen molar-refractivity contribution in [1.82, 2.24) is 14.9 Å². The molecule has 7 nitrogen and oxygen atoms in total. The molecule has 0 bridgehead atoms. The van der Waals surface area contributed by atoms with Gasteiger partial charge in [0.25, 0.3) is 0 Å². The van der Waals surface area contributed by atoms with Crippen molar-refractivity contribution >= 4 is 22.8 Å². The van der Waals surface area contributed by atoms with Gasteiger partial charge in [-0.3, -0.25) is 10.1 Å². The summed E-state index contributed by atoms with van der Waals surface area (Å²) in [4.78, 5) is 26.2. The zero-order valence-electron chi connectivity index (χ0n) is 20.2. The van der Waals surface area contributed by atoms with Gasteiger partial charge in [0.1, 0.15) is 5.82 Å². The van der Waals surface area contributed by atoms with E-state index in [1.807, 2.05) is 55.5 Å². The summed E-state index contributed by atoms with van der Waals surface area (Å²) in [6.45, 7) is 5.22. The zero-order chi connectivity index (χ0) is 24.2. The van der Waals surface area contributed by atoms with Crippen molar-refractivity contribution in [3.05, 3.63) is 93.4 Å². The van der Waals surface area contributed by atoms with E-state index in [0.717, 1.165) is 80.7 Å². The number of nitrogens with zero attached hydrogens (tertiary/aromatic N) is 5. The molecule has 0 amide bonds. The number of piperidine rings is 1. The number of rotatable bonds is 6. The molecule has 5 rings (SSSR count). The van der Waals surface area contributed by atoms with Gasteiger partial charge in [-0.25, -0.2) is 9.97 Å². The third kappa shape index (κ3) is 4.76. The predicted octanol–water partition coefficient (Wildman–Crippen LogP) is 5.70. The lowest BCUT2D eigenvalue weighted by Crippen LogP contribution is -2.31. The molecule has 3 heterocycles. The molecule has 2 fully saturated rings. The molecular formula is C28H31N5O2. The lowest BCUT2D eigenvalue weighted by atomic mass is 9.94. The van der Waals surface area contributed by atoms with Crippen LogP contribution in [0.1, 0.15) is 54.7 Å². The van der Waals surface area contributed by atoms with Crippen molar-refractivity contribution in [2.24, 2.45) is 0 Å². The summed E-state index contributed by atoms with van der Waals surface area (Å²) >= 11 is 0. The van der Waals surface area contributed by atoms with Crippen LogP contribution in [0.5, 0.6) is 0 Å². The second-order valence-corrected chi connectivity index (χ2v) is 9.25. The van der Waals surface area contributed by atoms with Crippen LogP contribution in [0.2, 0.25) is 0 Å². The van der Waals surface area contributed by atoms with Gasteiger partial charge in [0.15, 0.2) is 5.69 Å². The molecule has 35 heavy (non-hydrogen) atoms. The molecule has 0 spiro atoms. The number of anilines is 1. The first-order valence-corrected chi connectivity index (χ1v) is 12.5. The van der Waals surface area contributed by atoms with Gasteiger partial charge in [-0.2, -0.15) is 0 Å². The lowest BCUT2D eigenvalue weighted by molar-refractivity contribution is -0.384. The molecule has 2 aliphatic heterocycles. The Morgan fingerprint density at radius 1 is 0.800 bits per heavy atom. The average molecular weight is 470 g/mol. The highest BCUT2D eigenvalue weighted by molar-refractivity contribution is 6.00. The Kier molecular flexibility index (Phi) is 6.75. The fourth-order valence-electron chi connectivity index (χ4n) is 5.23. The van der Waals surface area contributed by atoms with Crippen molar-refractivity contribution in [3.8, 4) is 0 Å². The maximum Gasteiger partial charge on any atom is 0.337 e. The molecule has 2 saturated heterocycles. The Bertz CT molecular complexity index is 1210. The van der Waals surface area contributed by atoms with Gasteiger partial charge in [0.2, 0.25) is 5.82 Å². The molecule has 0 N–H and O–H groups in total. The second kappa shape index (κ2) is 10.3. The summed E-state index contributed by atoms with van der Waals surface area (Å²) in [5.41, 5.74) is 4.17. The first kappa shape index (κ1) is 23.0. The van der Waals surface area contributed by atoms with Crippen LogP contribution in [0.3, 0.4) is 0 Å². The Balaban J connectivity index is 1.85. The van der Waals surface area contributed by atoms with Crippen molar-refractivity contribution in [2.75, 3.05) is 31.1 Å². The standard InChI is InChI=1S/C28H31N5O2/c1-21-29-25(27(33(34)35)28(30-21)32-19-9-4-10-20-32)24(22-13-5-2-6-14-22)26(31-17-11-12-18-31)23-15-7-3-8-16-23/h2-3,5-8,13-16H,4,9-12,17-20H2,1H3/b26-24-. The van der Waals surface area contributed by atoms with Crippen LogP contribution < -0.4 is 4.90 Å². The lowest BCUT2D eigenvalue weighted by Gasteiger charge is -2.29. The Morgan fingerprint density at radius 2 is 1.37 bits per heavy atom. The molecule has 2 aliphatic rings. The minimum absolute atomic E-state index is 0.00369. The fourth-order valence-corrected chi connectivity index (χ4v) is 5.23. The highest BCUT2D eigenvalue weighted by Gasteiger charge is 2.33. The summed E-state index contributed by atoms with van der Waals surface area (Å²) in [6, 6.07) is 20.2. The molecule has 0 radical (unpaired) electrons. The van der Waals surface area contributed by atoms with E-state index < -0.39 is 0 Å².